The van der Waals surface area contributed by atoms with E-state index in [9.17, 15) is 0 Å². The second kappa shape index (κ2) is 9.94. The van der Waals surface area contributed by atoms with Gasteiger partial charge in [0.15, 0.2) is 5.82 Å². The lowest BCUT2D eigenvalue weighted by Gasteiger charge is -2.13. The van der Waals surface area contributed by atoms with Crippen molar-refractivity contribution in [1.29, 1.82) is 0 Å². The zero-order chi connectivity index (χ0) is 24.4. The molecule has 0 saturated heterocycles. The van der Waals surface area contributed by atoms with Crippen molar-refractivity contribution in [2.24, 2.45) is 0 Å². The Morgan fingerprint density at radius 3 is 2.60 bits per heavy atom. The summed E-state index contributed by atoms with van der Waals surface area (Å²) in [6.07, 6.45) is 0. The molecule has 7 heteroatoms. The van der Waals surface area contributed by atoms with Crippen molar-refractivity contribution in [3.63, 3.8) is 0 Å². The van der Waals surface area contributed by atoms with Crippen LogP contribution in [0.1, 0.15) is 22.4 Å². The topological polar surface area (TPSA) is 59.0 Å². The normalized spacial score (nSPS) is 11.5. The summed E-state index contributed by atoms with van der Waals surface area (Å²) in [7, 11) is 4.13. The van der Waals surface area contributed by atoms with Gasteiger partial charge in [0, 0.05) is 22.8 Å². The van der Waals surface area contributed by atoms with Crippen molar-refractivity contribution in [2.75, 3.05) is 14.1 Å². The summed E-state index contributed by atoms with van der Waals surface area (Å²) in [5, 5.41) is 5.52. The first-order chi connectivity index (χ1) is 16.9. The fraction of sp³-hybridized carbons (Fsp3) is 0.214. The highest BCUT2D eigenvalue weighted by Crippen LogP contribution is 2.27. The molecule has 3 aromatic carbocycles. The molecule has 0 unspecified atom stereocenters. The molecule has 0 atom stereocenters. The maximum absolute atomic E-state index is 6.33. The lowest BCUT2D eigenvalue weighted by atomic mass is 10.2. The Labute approximate surface area is 210 Å². The van der Waals surface area contributed by atoms with Gasteiger partial charge in [-0.25, -0.2) is 4.98 Å². The summed E-state index contributed by atoms with van der Waals surface area (Å²) in [6, 6.07) is 24.2. The first-order valence-electron chi connectivity index (χ1n) is 11.6. The molecule has 0 radical (unpaired) electrons. The number of benzene rings is 3. The van der Waals surface area contributed by atoms with E-state index in [1.165, 1.54) is 5.56 Å². The van der Waals surface area contributed by atoms with Crippen LogP contribution in [0.15, 0.2) is 72.8 Å². The monoisotopic (exact) mass is 485 g/mol. The number of H-pyrrole nitrogens is 1. The van der Waals surface area contributed by atoms with E-state index in [0.29, 0.717) is 18.2 Å². The van der Waals surface area contributed by atoms with E-state index < -0.39 is 0 Å². The third kappa shape index (κ3) is 5.39. The second-order valence-corrected chi connectivity index (χ2v) is 9.47. The molecular formula is C28H28ClN5O. The number of aromatic nitrogens is 4. The molecule has 5 rings (SSSR count). The Morgan fingerprint density at radius 2 is 1.80 bits per heavy atom. The van der Waals surface area contributed by atoms with Gasteiger partial charge in [0.1, 0.15) is 18.1 Å². The van der Waals surface area contributed by atoms with Crippen LogP contribution in [0.4, 0.5) is 0 Å². The van der Waals surface area contributed by atoms with Gasteiger partial charge in [-0.2, -0.15) is 5.10 Å². The number of halogens is 1. The van der Waals surface area contributed by atoms with Crippen LogP contribution in [-0.4, -0.2) is 38.7 Å². The molecule has 35 heavy (non-hydrogen) atoms. The number of rotatable bonds is 8. The lowest BCUT2D eigenvalue weighted by molar-refractivity contribution is 0.302. The minimum Gasteiger partial charge on any atom is -0.489 e. The van der Waals surface area contributed by atoms with E-state index in [-0.39, 0.29) is 0 Å². The van der Waals surface area contributed by atoms with E-state index in [4.69, 9.17) is 26.4 Å². The summed E-state index contributed by atoms with van der Waals surface area (Å²) in [5.41, 5.74) is 7.11. The Bertz CT molecular complexity index is 1460. The minimum absolute atomic E-state index is 0.494. The molecule has 0 bridgehead atoms. The maximum Gasteiger partial charge on any atom is 0.159 e. The van der Waals surface area contributed by atoms with Crippen molar-refractivity contribution in [3.8, 4) is 17.3 Å². The molecule has 2 aromatic heterocycles. The summed E-state index contributed by atoms with van der Waals surface area (Å²) in [6.45, 7) is 3.97. The molecule has 0 aliphatic heterocycles. The van der Waals surface area contributed by atoms with Gasteiger partial charge in [-0.3, -0.25) is 4.68 Å². The van der Waals surface area contributed by atoms with Crippen molar-refractivity contribution in [1.82, 2.24) is 24.6 Å². The Morgan fingerprint density at radius 1 is 0.971 bits per heavy atom. The molecule has 0 aliphatic rings. The lowest BCUT2D eigenvalue weighted by Crippen LogP contribution is -2.10. The van der Waals surface area contributed by atoms with E-state index in [2.05, 4.69) is 54.3 Å². The zero-order valence-electron chi connectivity index (χ0n) is 20.1. The SMILES string of the molecule is Cc1cc(-c2nc3ccc(CN(C)C)cc3[nH]2)nn1Cc1cc(Cl)ccc1OCc1ccccc1. The first kappa shape index (κ1) is 23.1. The Balaban J connectivity index is 1.39. The standard InChI is InChI=1S/C28H28ClN5O/c1-19-13-26(28-30-24-11-9-21(16-33(2)3)14-25(24)31-28)32-34(19)17-22-15-23(29)10-12-27(22)35-18-20-7-5-4-6-8-20/h4-15H,16-18H2,1-3H3,(H,30,31). The molecule has 0 spiro atoms. The smallest absolute Gasteiger partial charge is 0.159 e. The highest BCUT2D eigenvalue weighted by Gasteiger charge is 2.14. The van der Waals surface area contributed by atoms with E-state index >= 15 is 0 Å². The number of aromatic amines is 1. The molecule has 178 valence electrons. The number of nitrogens with one attached hydrogen (secondary N) is 1. The molecule has 6 nitrogen and oxygen atoms in total. The number of hydrogen-bond acceptors (Lipinski definition) is 4. The quantitative estimate of drug-likeness (QED) is 0.289. The average Bonchev–Trinajstić information content (AvgIpc) is 3.42. The second-order valence-electron chi connectivity index (χ2n) is 9.03. The van der Waals surface area contributed by atoms with Crippen LogP contribution in [-0.2, 0) is 19.7 Å². The number of ether oxygens (including phenoxy) is 1. The summed E-state index contributed by atoms with van der Waals surface area (Å²) in [5.74, 6) is 1.56. The number of aryl methyl sites for hydroxylation is 1. The fourth-order valence-electron chi connectivity index (χ4n) is 4.14. The van der Waals surface area contributed by atoms with Gasteiger partial charge in [-0.1, -0.05) is 48.0 Å². The van der Waals surface area contributed by atoms with Gasteiger partial charge >= 0.3 is 0 Å². The molecule has 0 fully saturated rings. The third-order valence-electron chi connectivity index (χ3n) is 5.85. The van der Waals surface area contributed by atoms with Crippen molar-refractivity contribution in [2.45, 2.75) is 26.6 Å². The van der Waals surface area contributed by atoms with Crippen LogP contribution >= 0.6 is 11.6 Å². The third-order valence-corrected chi connectivity index (χ3v) is 6.08. The van der Waals surface area contributed by atoms with Crippen LogP contribution in [0, 0.1) is 6.92 Å². The van der Waals surface area contributed by atoms with Gasteiger partial charge in [-0.15, -0.1) is 0 Å². The molecule has 0 amide bonds. The predicted molar refractivity (Wildman–Crippen MR) is 141 cm³/mol. The largest absolute Gasteiger partial charge is 0.489 e. The number of hydrogen-bond donors (Lipinski definition) is 1. The van der Waals surface area contributed by atoms with Gasteiger partial charge in [-0.05, 0) is 68.5 Å². The molecule has 0 saturated carbocycles. The predicted octanol–water partition coefficient (Wildman–Crippen LogP) is 6.08. The van der Waals surface area contributed by atoms with Gasteiger partial charge in [0.2, 0.25) is 0 Å². The number of imidazole rings is 1. The molecule has 0 aliphatic carbocycles. The molecule has 2 heterocycles. The van der Waals surface area contributed by atoms with Gasteiger partial charge in [0.05, 0.1) is 17.6 Å². The van der Waals surface area contributed by atoms with E-state index in [1.54, 1.807) is 0 Å². The minimum atomic E-state index is 0.494. The average molecular weight is 486 g/mol. The molecule has 1 N–H and O–H groups in total. The summed E-state index contributed by atoms with van der Waals surface area (Å²) >= 11 is 6.33. The van der Waals surface area contributed by atoms with Crippen molar-refractivity contribution < 1.29 is 4.74 Å². The molecular weight excluding hydrogens is 458 g/mol. The van der Waals surface area contributed by atoms with E-state index in [0.717, 1.165) is 51.7 Å². The van der Waals surface area contributed by atoms with Crippen molar-refractivity contribution in [3.05, 3.63) is 100 Å². The zero-order valence-corrected chi connectivity index (χ0v) is 20.9. The van der Waals surface area contributed by atoms with Crippen LogP contribution in [0.5, 0.6) is 5.75 Å². The van der Waals surface area contributed by atoms with E-state index in [1.807, 2.05) is 54.1 Å². The van der Waals surface area contributed by atoms with Crippen LogP contribution < -0.4 is 4.74 Å². The molecule has 5 aromatic rings. The summed E-state index contributed by atoms with van der Waals surface area (Å²) in [4.78, 5) is 10.4. The van der Waals surface area contributed by atoms with Crippen molar-refractivity contribution >= 4 is 22.6 Å². The number of nitrogens with zero attached hydrogens (tertiary/aromatic N) is 4. The number of fused-ring (bicyclic) bond motifs is 1. The fourth-order valence-corrected chi connectivity index (χ4v) is 4.33. The van der Waals surface area contributed by atoms with Crippen LogP contribution in [0.2, 0.25) is 5.02 Å². The Kier molecular flexibility index (Phi) is 6.57. The first-order valence-corrected chi connectivity index (χ1v) is 12.0. The summed E-state index contributed by atoms with van der Waals surface area (Å²) < 4.78 is 8.10. The highest BCUT2D eigenvalue weighted by atomic mass is 35.5. The van der Waals surface area contributed by atoms with Gasteiger partial charge in [0.25, 0.3) is 0 Å². The van der Waals surface area contributed by atoms with Crippen LogP contribution in [0.25, 0.3) is 22.6 Å². The Hall–Kier alpha value is -3.61. The van der Waals surface area contributed by atoms with Gasteiger partial charge < -0.3 is 14.6 Å². The maximum atomic E-state index is 6.33. The van der Waals surface area contributed by atoms with Crippen LogP contribution in [0.3, 0.4) is 0 Å². The highest BCUT2D eigenvalue weighted by molar-refractivity contribution is 6.30.